The summed E-state index contributed by atoms with van der Waals surface area (Å²) >= 11 is 0. The normalized spacial score (nSPS) is 21.0. The van der Waals surface area contributed by atoms with Gasteiger partial charge in [-0.15, -0.1) is 0 Å². The first kappa shape index (κ1) is 19.2. The maximum atomic E-state index is 12.5. The molecule has 0 radical (unpaired) electrons. The van der Waals surface area contributed by atoms with Gasteiger partial charge < -0.3 is 4.90 Å². The Morgan fingerprint density at radius 1 is 1.00 bits per heavy atom. The number of amides is 1. The molecule has 26 heavy (non-hydrogen) atoms. The van der Waals surface area contributed by atoms with Crippen LogP contribution in [0.1, 0.15) is 5.69 Å². The van der Waals surface area contributed by atoms with Crippen molar-refractivity contribution < 1.29 is 13.2 Å². The summed E-state index contributed by atoms with van der Waals surface area (Å²) in [6, 6.07) is 5.95. The Kier molecular flexibility index (Phi) is 6.23. The molecular formula is C17H27N5O3S. The van der Waals surface area contributed by atoms with E-state index in [4.69, 9.17) is 0 Å². The smallest absolute Gasteiger partial charge is 0.236 e. The number of hydrogen-bond acceptors (Lipinski definition) is 6. The maximum Gasteiger partial charge on any atom is 0.236 e. The van der Waals surface area contributed by atoms with Crippen LogP contribution in [-0.4, -0.2) is 103 Å². The zero-order valence-electron chi connectivity index (χ0n) is 15.2. The number of hydrogen-bond donors (Lipinski definition) is 0. The molecule has 8 nitrogen and oxygen atoms in total. The number of carbonyl (C=O) groups excluding carboxylic acids is 1. The summed E-state index contributed by atoms with van der Waals surface area (Å²) < 4.78 is 24.5. The minimum Gasteiger partial charge on any atom is -0.339 e. The Morgan fingerprint density at radius 2 is 1.65 bits per heavy atom. The molecule has 144 valence electrons. The predicted octanol–water partition coefficient (Wildman–Crippen LogP) is -0.697. The SMILES string of the molecule is CS(=O)(=O)N1CCN(C(=O)CN2CCN(Cc3ccccn3)CC2)CC1. The number of nitrogens with zero attached hydrogens (tertiary/aromatic N) is 5. The Hall–Kier alpha value is -1.55. The van der Waals surface area contributed by atoms with Gasteiger partial charge in [0.1, 0.15) is 0 Å². The monoisotopic (exact) mass is 381 g/mol. The van der Waals surface area contributed by atoms with E-state index in [9.17, 15) is 13.2 Å². The highest BCUT2D eigenvalue weighted by Gasteiger charge is 2.27. The first-order valence-corrected chi connectivity index (χ1v) is 10.8. The van der Waals surface area contributed by atoms with Gasteiger partial charge in [0, 0.05) is 65.1 Å². The maximum absolute atomic E-state index is 12.5. The third-order valence-electron chi connectivity index (χ3n) is 5.00. The second kappa shape index (κ2) is 8.43. The molecule has 0 atom stereocenters. The molecule has 1 aromatic rings. The number of rotatable bonds is 5. The van der Waals surface area contributed by atoms with E-state index >= 15 is 0 Å². The highest BCUT2D eigenvalue weighted by Crippen LogP contribution is 2.09. The van der Waals surface area contributed by atoms with E-state index in [1.807, 2.05) is 24.4 Å². The van der Waals surface area contributed by atoms with Crippen molar-refractivity contribution in [1.29, 1.82) is 0 Å². The van der Waals surface area contributed by atoms with Crippen molar-refractivity contribution in [3.8, 4) is 0 Å². The molecule has 2 fully saturated rings. The second-order valence-corrected chi connectivity index (χ2v) is 8.90. The molecule has 0 bridgehead atoms. The fraction of sp³-hybridized carbons (Fsp3) is 0.647. The summed E-state index contributed by atoms with van der Waals surface area (Å²) in [6.45, 7) is 6.56. The fourth-order valence-electron chi connectivity index (χ4n) is 3.39. The molecular weight excluding hydrogens is 354 g/mol. The third kappa shape index (κ3) is 5.23. The van der Waals surface area contributed by atoms with Crippen LogP contribution in [0.3, 0.4) is 0 Å². The quantitative estimate of drug-likeness (QED) is 0.672. The first-order valence-electron chi connectivity index (χ1n) is 8.99. The van der Waals surface area contributed by atoms with Gasteiger partial charge in [0.2, 0.25) is 15.9 Å². The van der Waals surface area contributed by atoms with Crippen molar-refractivity contribution >= 4 is 15.9 Å². The lowest BCUT2D eigenvalue weighted by Crippen LogP contribution is -2.54. The lowest BCUT2D eigenvalue weighted by molar-refractivity contribution is -0.134. The largest absolute Gasteiger partial charge is 0.339 e. The average molecular weight is 382 g/mol. The zero-order valence-corrected chi connectivity index (χ0v) is 16.1. The highest BCUT2D eigenvalue weighted by molar-refractivity contribution is 7.88. The van der Waals surface area contributed by atoms with Gasteiger partial charge in [-0.1, -0.05) is 6.07 Å². The second-order valence-electron chi connectivity index (χ2n) is 6.92. The summed E-state index contributed by atoms with van der Waals surface area (Å²) in [4.78, 5) is 23.2. The van der Waals surface area contributed by atoms with Gasteiger partial charge >= 0.3 is 0 Å². The van der Waals surface area contributed by atoms with E-state index in [0.29, 0.717) is 32.7 Å². The van der Waals surface area contributed by atoms with Gasteiger partial charge in [-0.05, 0) is 12.1 Å². The summed E-state index contributed by atoms with van der Waals surface area (Å²) in [6.07, 6.45) is 3.03. The van der Waals surface area contributed by atoms with Crippen molar-refractivity contribution in [2.75, 3.05) is 65.2 Å². The molecule has 0 N–H and O–H groups in total. The van der Waals surface area contributed by atoms with Crippen LogP contribution >= 0.6 is 0 Å². The molecule has 2 saturated heterocycles. The van der Waals surface area contributed by atoms with Gasteiger partial charge in [0.25, 0.3) is 0 Å². The summed E-state index contributed by atoms with van der Waals surface area (Å²) in [7, 11) is -3.16. The van der Waals surface area contributed by atoms with Crippen LogP contribution in [0, 0.1) is 0 Å². The van der Waals surface area contributed by atoms with Crippen LogP contribution in [0.2, 0.25) is 0 Å². The predicted molar refractivity (Wildman–Crippen MR) is 99.0 cm³/mol. The molecule has 3 rings (SSSR count). The van der Waals surface area contributed by atoms with E-state index in [1.54, 1.807) is 4.90 Å². The summed E-state index contributed by atoms with van der Waals surface area (Å²) in [5.41, 5.74) is 1.07. The lowest BCUT2D eigenvalue weighted by Gasteiger charge is -2.37. The van der Waals surface area contributed by atoms with E-state index in [2.05, 4.69) is 14.8 Å². The van der Waals surface area contributed by atoms with E-state index in [-0.39, 0.29) is 5.91 Å². The average Bonchev–Trinajstić information content (AvgIpc) is 2.63. The molecule has 0 aliphatic carbocycles. The molecule has 0 unspecified atom stereocenters. The number of pyridine rings is 1. The molecule has 0 saturated carbocycles. The topological polar surface area (TPSA) is 77.1 Å². The summed E-state index contributed by atoms with van der Waals surface area (Å²) in [5, 5.41) is 0. The van der Waals surface area contributed by atoms with Crippen LogP contribution in [-0.2, 0) is 21.4 Å². The van der Waals surface area contributed by atoms with Gasteiger partial charge in [0.05, 0.1) is 18.5 Å². The minimum absolute atomic E-state index is 0.0938. The van der Waals surface area contributed by atoms with Crippen LogP contribution in [0.5, 0.6) is 0 Å². The fourth-order valence-corrected chi connectivity index (χ4v) is 4.21. The van der Waals surface area contributed by atoms with Gasteiger partial charge in [0.15, 0.2) is 0 Å². The molecule has 2 aliphatic heterocycles. The van der Waals surface area contributed by atoms with Gasteiger partial charge in [-0.3, -0.25) is 19.6 Å². The molecule has 0 spiro atoms. The van der Waals surface area contributed by atoms with E-state index in [1.165, 1.54) is 10.6 Å². The molecule has 9 heteroatoms. The number of piperazine rings is 2. The summed E-state index contributed by atoms with van der Waals surface area (Å²) in [5.74, 6) is 0.0938. The van der Waals surface area contributed by atoms with Crippen molar-refractivity contribution in [2.24, 2.45) is 0 Å². The van der Waals surface area contributed by atoms with Crippen molar-refractivity contribution in [2.45, 2.75) is 6.54 Å². The number of carbonyl (C=O) groups is 1. The molecule has 0 aromatic carbocycles. The Balaban J connectivity index is 1.40. The first-order chi connectivity index (χ1) is 12.4. The van der Waals surface area contributed by atoms with Crippen molar-refractivity contribution in [3.05, 3.63) is 30.1 Å². The third-order valence-corrected chi connectivity index (χ3v) is 6.30. The molecule has 1 aromatic heterocycles. The number of aromatic nitrogens is 1. The van der Waals surface area contributed by atoms with Gasteiger partial charge in [-0.25, -0.2) is 8.42 Å². The Labute approximate surface area is 155 Å². The Morgan fingerprint density at radius 3 is 2.23 bits per heavy atom. The molecule has 1 amide bonds. The van der Waals surface area contributed by atoms with Gasteiger partial charge in [-0.2, -0.15) is 4.31 Å². The zero-order chi connectivity index (χ0) is 18.6. The lowest BCUT2D eigenvalue weighted by atomic mass is 10.2. The highest BCUT2D eigenvalue weighted by atomic mass is 32.2. The van der Waals surface area contributed by atoms with E-state index < -0.39 is 10.0 Å². The van der Waals surface area contributed by atoms with Crippen LogP contribution in [0.25, 0.3) is 0 Å². The molecule has 2 aliphatic rings. The van der Waals surface area contributed by atoms with Crippen molar-refractivity contribution in [1.82, 2.24) is 24.0 Å². The van der Waals surface area contributed by atoms with E-state index in [0.717, 1.165) is 38.4 Å². The molecule has 3 heterocycles. The van der Waals surface area contributed by atoms with Crippen LogP contribution < -0.4 is 0 Å². The Bertz CT molecular complexity index is 696. The standard InChI is InChI=1S/C17H27N5O3S/c1-26(24,25)22-12-10-21(11-13-22)17(23)15-20-8-6-19(7-9-20)14-16-4-2-3-5-18-16/h2-5H,6-15H2,1H3. The number of sulfonamides is 1. The minimum atomic E-state index is -3.16. The van der Waals surface area contributed by atoms with Crippen LogP contribution in [0.15, 0.2) is 24.4 Å². The van der Waals surface area contributed by atoms with Crippen molar-refractivity contribution in [3.63, 3.8) is 0 Å². The van der Waals surface area contributed by atoms with Crippen LogP contribution in [0.4, 0.5) is 0 Å².